The minimum atomic E-state index is 0.680. The van der Waals surface area contributed by atoms with E-state index in [1.807, 2.05) is 18.2 Å². The molecule has 4 heteroatoms. The third-order valence-corrected chi connectivity index (χ3v) is 3.73. The number of fused-ring (bicyclic) bond motifs is 1. The summed E-state index contributed by atoms with van der Waals surface area (Å²) in [7, 11) is 0. The maximum atomic E-state index is 6.01. The van der Waals surface area contributed by atoms with Crippen molar-refractivity contribution in [1.82, 2.24) is 0 Å². The fourth-order valence-corrected chi connectivity index (χ4v) is 2.66. The highest BCUT2D eigenvalue weighted by molar-refractivity contribution is 7.80. The van der Waals surface area contributed by atoms with Gasteiger partial charge in [0, 0.05) is 15.0 Å². The van der Waals surface area contributed by atoms with Crippen LogP contribution in [0.25, 0.3) is 10.1 Å². The summed E-state index contributed by atoms with van der Waals surface area (Å²) >= 11 is 17.6. The van der Waals surface area contributed by atoms with Gasteiger partial charge in [0.05, 0.1) is 9.36 Å². The van der Waals surface area contributed by atoms with Crippen molar-refractivity contribution in [3.63, 3.8) is 0 Å². The molecular formula is C8H4Cl2S2. The lowest BCUT2D eigenvalue weighted by atomic mass is 10.3. The Morgan fingerprint density at radius 3 is 2.75 bits per heavy atom. The van der Waals surface area contributed by atoms with Crippen LogP contribution in [0.4, 0.5) is 0 Å². The second-order valence-electron chi connectivity index (χ2n) is 2.36. The van der Waals surface area contributed by atoms with Crippen molar-refractivity contribution in [3.8, 4) is 0 Å². The molecule has 0 N–H and O–H groups in total. The van der Waals surface area contributed by atoms with Crippen molar-refractivity contribution in [2.45, 2.75) is 4.90 Å². The summed E-state index contributed by atoms with van der Waals surface area (Å²) < 4.78 is 1.86. The number of thiophene rings is 1. The fraction of sp³-hybridized carbons (Fsp3) is 0. The lowest BCUT2D eigenvalue weighted by Crippen LogP contribution is -1.68. The van der Waals surface area contributed by atoms with Gasteiger partial charge in [0.1, 0.15) is 0 Å². The normalized spacial score (nSPS) is 10.9. The first-order valence-electron chi connectivity index (χ1n) is 3.25. The number of hydrogen-bond acceptors (Lipinski definition) is 2. The van der Waals surface area contributed by atoms with Gasteiger partial charge in [-0.25, -0.2) is 0 Å². The minimum absolute atomic E-state index is 0.680. The monoisotopic (exact) mass is 234 g/mol. The molecule has 0 atom stereocenters. The van der Waals surface area contributed by atoms with Crippen molar-refractivity contribution in [2.75, 3.05) is 0 Å². The molecule has 0 aliphatic rings. The molecule has 0 nitrogen and oxygen atoms in total. The molecule has 0 fully saturated rings. The molecule has 0 radical (unpaired) electrons. The average molecular weight is 235 g/mol. The standard InChI is InChI=1S/C8H4Cl2S2/c9-7-3-4-6(12-7)2-1-5(11)8(4)10/h1-3,11H. The van der Waals surface area contributed by atoms with E-state index in [4.69, 9.17) is 23.2 Å². The first-order chi connectivity index (χ1) is 5.68. The number of hydrogen-bond donors (Lipinski definition) is 1. The molecule has 62 valence electrons. The number of rotatable bonds is 0. The Kier molecular flexibility index (Phi) is 2.25. The van der Waals surface area contributed by atoms with Crippen LogP contribution in [0.1, 0.15) is 0 Å². The Hall–Kier alpha value is 0.110. The van der Waals surface area contributed by atoms with Gasteiger partial charge in [0.25, 0.3) is 0 Å². The predicted molar refractivity (Wildman–Crippen MR) is 59.1 cm³/mol. The van der Waals surface area contributed by atoms with Crippen molar-refractivity contribution < 1.29 is 0 Å². The Labute approximate surface area is 89.5 Å². The maximum Gasteiger partial charge on any atom is 0.0941 e. The number of halogens is 2. The van der Waals surface area contributed by atoms with E-state index in [0.29, 0.717) is 5.02 Å². The van der Waals surface area contributed by atoms with Gasteiger partial charge in [-0.05, 0) is 18.2 Å². The third kappa shape index (κ3) is 1.33. The molecule has 0 spiro atoms. The van der Waals surface area contributed by atoms with Crippen LogP contribution in [0, 0.1) is 0 Å². The molecule has 0 amide bonds. The highest BCUT2D eigenvalue weighted by atomic mass is 35.5. The van der Waals surface area contributed by atoms with Gasteiger partial charge < -0.3 is 0 Å². The van der Waals surface area contributed by atoms with E-state index < -0.39 is 0 Å². The van der Waals surface area contributed by atoms with Crippen molar-refractivity contribution in [3.05, 3.63) is 27.6 Å². The first kappa shape index (κ1) is 8.70. The van der Waals surface area contributed by atoms with Gasteiger partial charge in [0.15, 0.2) is 0 Å². The summed E-state index contributed by atoms with van der Waals surface area (Å²) in [5.74, 6) is 0. The smallest absolute Gasteiger partial charge is 0.0941 e. The molecule has 2 aromatic rings. The van der Waals surface area contributed by atoms with E-state index in [1.165, 1.54) is 11.3 Å². The fourth-order valence-electron chi connectivity index (χ4n) is 1.04. The van der Waals surface area contributed by atoms with Crippen molar-refractivity contribution in [1.29, 1.82) is 0 Å². The van der Waals surface area contributed by atoms with Gasteiger partial charge in [-0.2, -0.15) is 0 Å². The van der Waals surface area contributed by atoms with E-state index in [2.05, 4.69) is 12.6 Å². The van der Waals surface area contributed by atoms with Gasteiger partial charge in [-0.1, -0.05) is 23.2 Å². The third-order valence-electron chi connectivity index (χ3n) is 1.58. The summed E-state index contributed by atoms with van der Waals surface area (Å²) in [5.41, 5.74) is 0. The van der Waals surface area contributed by atoms with Crippen LogP contribution in [-0.2, 0) is 0 Å². The Bertz CT molecular complexity index is 434. The van der Waals surface area contributed by atoms with Gasteiger partial charge in [0.2, 0.25) is 0 Å². The molecule has 1 aromatic heterocycles. The predicted octanol–water partition coefficient (Wildman–Crippen LogP) is 4.50. The molecule has 0 saturated carbocycles. The van der Waals surface area contributed by atoms with E-state index in [-0.39, 0.29) is 0 Å². The Balaban J connectivity index is 2.89. The highest BCUT2D eigenvalue weighted by Crippen LogP contribution is 2.36. The molecule has 0 saturated heterocycles. The zero-order chi connectivity index (χ0) is 8.72. The van der Waals surface area contributed by atoms with Crippen molar-refractivity contribution in [2.24, 2.45) is 0 Å². The molecule has 0 unspecified atom stereocenters. The van der Waals surface area contributed by atoms with E-state index in [0.717, 1.165) is 19.3 Å². The second-order valence-corrected chi connectivity index (χ2v) is 4.94. The average Bonchev–Trinajstić information content (AvgIpc) is 2.39. The zero-order valence-electron chi connectivity index (χ0n) is 5.84. The van der Waals surface area contributed by atoms with Crippen LogP contribution in [0.2, 0.25) is 9.36 Å². The molecule has 12 heavy (non-hydrogen) atoms. The molecule has 0 bridgehead atoms. The van der Waals surface area contributed by atoms with E-state index >= 15 is 0 Å². The highest BCUT2D eigenvalue weighted by Gasteiger charge is 2.05. The summed E-state index contributed by atoms with van der Waals surface area (Å²) in [5, 5.41) is 1.66. The van der Waals surface area contributed by atoms with Crippen LogP contribution in [-0.4, -0.2) is 0 Å². The van der Waals surface area contributed by atoms with E-state index in [9.17, 15) is 0 Å². The van der Waals surface area contributed by atoms with E-state index in [1.54, 1.807) is 0 Å². The quantitative estimate of drug-likeness (QED) is 0.638. The van der Waals surface area contributed by atoms with Gasteiger partial charge in [-0.3, -0.25) is 0 Å². The SMILES string of the molecule is Sc1ccc2sc(Cl)cc2c1Cl. The zero-order valence-corrected chi connectivity index (χ0v) is 9.07. The molecule has 0 aliphatic heterocycles. The lowest BCUT2D eigenvalue weighted by Gasteiger charge is -1.96. The van der Waals surface area contributed by atoms with Gasteiger partial charge in [-0.15, -0.1) is 24.0 Å². The topological polar surface area (TPSA) is 0 Å². The van der Waals surface area contributed by atoms with Crippen LogP contribution < -0.4 is 0 Å². The molecule has 2 rings (SSSR count). The Morgan fingerprint density at radius 2 is 2.00 bits per heavy atom. The number of thiol groups is 1. The minimum Gasteiger partial charge on any atom is -0.142 e. The first-order valence-corrected chi connectivity index (χ1v) is 5.27. The molecule has 1 aromatic carbocycles. The van der Waals surface area contributed by atoms with Crippen LogP contribution >= 0.6 is 47.2 Å². The molecule has 1 heterocycles. The summed E-state index contributed by atoms with van der Waals surface area (Å²) in [4.78, 5) is 0.790. The Morgan fingerprint density at radius 1 is 1.25 bits per heavy atom. The summed E-state index contributed by atoms with van der Waals surface area (Å²) in [6, 6.07) is 5.71. The van der Waals surface area contributed by atoms with Crippen LogP contribution in [0.15, 0.2) is 23.1 Å². The summed E-state index contributed by atoms with van der Waals surface area (Å²) in [6.45, 7) is 0. The molecule has 0 aliphatic carbocycles. The van der Waals surface area contributed by atoms with Gasteiger partial charge >= 0.3 is 0 Å². The van der Waals surface area contributed by atoms with Crippen LogP contribution in [0.3, 0.4) is 0 Å². The van der Waals surface area contributed by atoms with Crippen molar-refractivity contribution >= 4 is 57.3 Å². The number of benzene rings is 1. The molecular weight excluding hydrogens is 231 g/mol. The van der Waals surface area contributed by atoms with Crippen LogP contribution in [0.5, 0.6) is 0 Å². The second kappa shape index (κ2) is 3.11. The lowest BCUT2D eigenvalue weighted by molar-refractivity contribution is 1.54. The largest absolute Gasteiger partial charge is 0.142 e. The maximum absolute atomic E-state index is 6.01. The summed E-state index contributed by atoms with van der Waals surface area (Å²) in [6.07, 6.45) is 0.